The number of hydrogen-bond acceptors (Lipinski definition) is 5. The Kier molecular flexibility index (Phi) is 6.09. The third kappa shape index (κ3) is 5.10. The van der Waals surface area contributed by atoms with Crippen LogP contribution in [-0.2, 0) is 4.74 Å². The molecule has 2 aromatic rings. The van der Waals surface area contributed by atoms with Gasteiger partial charge >= 0.3 is 0 Å². The molecule has 1 fully saturated rings. The zero-order chi connectivity index (χ0) is 20.3. The number of rotatable bonds is 6. The van der Waals surface area contributed by atoms with Crippen LogP contribution in [0.15, 0.2) is 48.5 Å². The number of fused-ring (bicyclic) bond motifs is 1. The van der Waals surface area contributed by atoms with Crippen molar-refractivity contribution in [1.29, 1.82) is 0 Å². The maximum Gasteiger partial charge on any atom is 0.127 e. The van der Waals surface area contributed by atoms with Crippen LogP contribution < -0.4 is 9.47 Å². The SMILES string of the molecule is CC1(C)CC(c2ccccc2)c2ccc(OCC(O)CN3CCOCC3)cc2O1. The zero-order valence-corrected chi connectivity index (χ0v) is 17.3. The van der Waals surface area contributed by atoms with E-state index in [1.165, 1.54) is 11.1 Å². The third-order valence-corrected chi connectivity index (χ3v) is 5.66. The van der Waals surface area contributed by atoms with Gasteiger partial charge in [0.05, 0.1) is 13.2 Å². The molecule has 0 aromatic heterocycles. The highest BCUT2D eigenvalue weighted by atomic mass is 16.5. The van der Waals surface area contributed by atoms with Crippen molar-refractivity contribution < 1.29 is 19.3 Å². The molecule has 2 aliphatic rings. The fourth-order valence-corrected chi connectivity index (χ4v) is 4.23. The van der Waals surface area contributed by atoms with Crippen molar-refractivity contribution in [3.05, 3.63) is 59.7 Å². The van der Waals surface area contributed by atoms with E-state index in [0.717, 1.165) is 44.2 Å². The van der Waals surface area contributed by atoms with E-state index in [2.05, 4.69) is 49.1 Å². The summed E-state index contributed by atoms with van der Waals surface area (Å²) < 4.78 is 17.5. The Hall–Kier alpha value is -2.08. The number of ether oxygens (including phenoxy) is 3. The van der Waals surface area contributed by atoms with Crippen LogP contribution in [-0.4, -0.2) is 61.2 Å². The minimum atomic E-state index is -0.529. The van der Waals surface area contributed by atoms with E-state index in [-0.39, 0.29) is 12.2 Å². The number of morpholine rings is 1. The highest BCUT2D eigenvalue weighted by Crippen LogP contribution is 2.45. The van der Waals surface area contributed by atoms with Crippen molar-refractivity contribution >= 4 is 0 Å². The average molecular weight is 398 g/mol. The zero-order valence-electron chi connectivity index (χ0n) is 17.3. The molecule has 0 radical (unpaired) electrons. The molecule has 0 amide bonds. The van der Waals surface area contributed by atoms with Gasteiger partial charge in [-0.3, -0.25) is 4.90 Å². The highest BCUT2D eigenvalue weighted by Gasteiger charge is 2.34. The van der Waals surface area contributed by atoms with Gasteiger partial charge in [-0.2, -0.15) is 0 Å². The van der Waals surface area contributed by atoms with Gasteiger partial charge in [0.25, 0.3) is 0 Å². The normalized spacial score (nSPS) is 22.4. The molecule has 29 heavy (non-hydrogen) atoms. The van der Waals surface area contributed by atoms with E-state index in [0.29, 0.717) is 12.5 Å². The summed E-state index contributed by atoms with van der Waals surface area (Å²) in [7, 11) is 0. The van der Waals surface area contributed by atoms with Crippen molar-refractivity contribution in [2.75, 3.05) is 39.5 Å². The topological polar surface area (TPSA) is 51.2 Å². The van der Waals surface area contributed by atoms with Crippen LogP contribution in [0, 0.1) is 0 Å². The summed E-state index contributed by atoms with van der Waals surface area (Å²) in [6.07, 6.45) is 0.404. The van der Waals surface area contributed by atoms with Gasteiger partial charge in [0.2, 0.25) is 0 Å². The van der Waals surface area contributed by atoms with Crippen LogP contribution in [0.4, 0.5) is 0 Å². The Balaban J connectivity index is 1.44. The smallest absolute Gasteiger partial charge is 0.127 e. The molecular formula is C24H31NO4. The van der Waals surface area contributed by atoms with Crippen molar-refractivity contribution in [3.8, 4) is 11.5 Å². The van der Waals surface area contributed by atoms with Gasteiger partial charge in [-0.1, -0.05) is 36.4 Å². The second-order valence-electron chi connectivity index (χ2n) is 8.61. The first kappa shape index (κ1) is 20.2. The van der Waals surface area contributed by atoms with E-state index < -0.39 is 6.10 Å². The molecule has 4 rings (SSSR count). The van der Waals surface area contributed by atoms with Gasteiger partial charge < -0.3 is 19.3 Å². The van der Waals surface area contributed by atoms with Gasteiger partial charge in [-0.15, -0.1) is 0 Å². The van der Waals surface area contributed by atoms with E-state index >= 15 is 0 Å². The molecule has 2 unspecified atom stereocenters. The van der Waals surface area contributed by atoms with Gasteiger partial charge in [-0.25, -0.2) is 0 Å². The molecule has 156 valence electrons. The number of aliphatic hydroxyl groups is 1. The van der Waals surface area contributed by atoms with Crippen molar-refractivity contribution in [3.63, 3.8) is 0 Å². The van der Waals surface area contributed by atoms with Crippen LogP contribution >= 0.6 is 0 Å². The number of hydrogen-bond donors (Lipinski definition) is 1. The molecule has 2 atom stereocenters. The number of nitrogens with zero attached hydrogens (tertiary/aromatic N) is 1. The highest BCUT2D eigenvalue weighted by molar-refractivity contribution is 5.48. The predicted octanol–water partition coefficient (Wildman–Crippen LogP) is 3.45. The molecule has 0 bridgehead atoms. The molecule has 1 N–H and O–H groups in total. The van der Waals surface area contributed by atoms with E-state index in [1.54, 1.807) is 0 Å². The maximum atomic E-state index is 10.3. The lowest BCUT2D eigenvalue weighted by Crippen LogP contribution is -2.42. The van der Waals surface area contributed by atoms with Crippen LogP contribution in [0.5, 0.6) is 11.5 Å². The first-order valence-electron chi connectivity index (χ1n) is 10.5. The Bertz CT molecular complexity index is 802. The van der Waals surface area contributed by atoms with Gasteiger partial charge in [0, 0.05) is 37.2 Å². The average Bonchev–Trinajstić information content (AvgIpc) is 2.72. The van der Waals surface area contributed by atoms with Gasteiger partial charge in [0.15, 0.2) is 0 Å². The molecular weight excluding hydrogens is 366 g/mol. The Morgan fingerprint density at radius 2 is 1.90 bits per heavy atom. The fourth-order valence-electron chi connectivity index (χ4n) is 4.23. The summed E-state index contributed by atoms with van der Waals surface area (Å²) in [4.78, 5) is 2.21. The molecule has 2 aliphatic heterocycles. The summed E-state index contributed by atoms with van der Waals surface area (Å²) in [6, 6.07) is 16.6. The molecule has 0 aliphatic carbocycles. The molecule has 0 saturated carbocycles. The number of β-amino-alcohol motifs (C(OH)–C–C–N with tert-alkyl or cyclic N) is 1. The van der Waals surface area contributed by atoms with Crippen LogP contribution in [0.2, 0.25) is 0 Å². The Labute approximate surface area is 173 Å². The fraction of sp³-hybridized carbons (Fsp3) is 0.500. The molecule has 2 aromatic carbocycles. The molecule has 5 nitrogen and oxygen atoms in total. The summed E-state index contributed by atoms with van der Waals surface area (Å²) in [5.41, 5.74) is 2.25. The van der Waals surface area contributed by atoms with Crippen molar-refractivity contribution in [2.45, 2.75) is 37.9 Å². The lowest BCUT2D eigenvalue weighted by atomic mass is 9.80. The lowest BCUT2D eigenvalue weighted by Gasteiger charge is -2.38. The first-order valence-corrected chi connectivity index (χ1v) is 10.5. The molecule has 5 heteroatoms. The van der Waals surface area contributed by atoms with Crippen molar-refractivity contribution in [1.82, 2.24) is 4.90 Å². The van der Waals surface area contributed by atoms with E-state index in [4.69, 9.17) is 14.2 Å². The standard InChI is InChI=1S/C24H31NO4/c1-24(2)15-22(18-6-4-3-5-7-18)21-9-8-20(14-23(21)29-24)28-17-19(26)16-25-10-12-27-13-11-25/h3-9,14,19,22,26H,10-13,15-17H2,1-2H3. The lowest BCUT2D eigenvalue weighted by molar-refractivity contribution is 0.00455. The van der Waals surface area contributed by atoms with Crippen LogP contribution in [0.25, 0.3) is 0 Å². The summed E-state index contributed by atoms with van der Waals surface area (Å²) in [6.45, 7) is 8.31. The number of aliphatic hydroxyl groups excluding tert-OH is 1. The quantitative estimate of drug-likeness (QED) is 0.809. The van der Waals surface area contributed by atoms with Crippen LogP contribution in [0.1, 0.15) is 37.3 Å². The van der Waals surface area contributed by atoms with Gasteiger partial charge in [0.1, 0.15) is 29.8 Å². The first-order chi connectivity index (χ1) is 14.0. The minimum absolute atomic E-state index is 0.248. The third-order valence-electron chi connectivity index (χ3n) is 5.66. The summed E-state index contributed by atoms with van der Waals surface area (Å²) in [5.74, 6) is 1.90. The second-order valence-corrected chi connectivity index (χ2v) is 8.61. The van der Waals surface area contributed by atoms with Gasteiger partial charge in [-0.05, 0) is 31.9 Å². The largest absolute Gasteiger partial charge is 0.491 e. The number of benzene rings is 2. The summed E-state index contributed by atoms with van der Waals surface area (Å²) in [5, 5.41) is 10.3. The Morgan fingerprint density at radius 1 is 1.14 bits per heavy atom. The maximum absolute atomic E-state index is 10.3. The molecule has 1 saturated heterocycles. The minimum Gasteiger partial charge on any atom is -0.491 e. The molecule has 2 heterocycles. The van der Waals surface area contributed by atoms with E-state index in [1.807, 2.05) is 18.2 Å². The second kappa shape index (κ2) is 8.74. The monoisotopic (exact) mass is 397 g/mol. The predicted molar refractivity (Wildman–Crippen MR) is 113 cm³/mol. The van der Waals surface area contributed by atoms with Crippen molar-refractivity contribution in [2.24, 2.45) is 0 Å². The summed E-state index contributed by atoms with van der Waals surface area (Å²) >= 11 is 0. The van der Waals surface area contributed by atoms with E-state index in [9.17, 15) is 5.11 Å². The molecule has 0 spiro atoms. The Morgan fingerprint density at radius 3 is 2.66 bits per heavy atom. The van der Waals surface area contributed by atoms with Crippen LogP contribution in [0.3, 0.4) is 0 Å².